The number of hydrogen-bond acceptors (Lipinski definition) is 3. The maximum Gasteiger partial charge on any atom is 0.126 e. The van der Waals surface area contributed by atoms with Crippen LogP contribution in [0.25, 0.3) is 0 Å². The topological polar surface area (TPSA) is 36.1 Å². The lowest BCUT2D eigenvalue weighted by molar-refractivity contribution is 0.618. The summed E-state index contributed by atoms with van der Waals surface area (Å²) in [4.78, 5) is 0. The van der Waals surface area contributed by atoms with Gasteiger partial charge < -0.3 is 0 Å². The molecule has 0 aromatic heterocycles. The number of rotatable bonds is 0. The fourth-order valence-corrected chi connectivity index (χ4v) is 26.6. The second-order valence-corrected chi connectivity index (χ2v) is 32.0. The molecule has 3 N–H and O–H groups in total. The predicted octanol–water partition coefficient (Wildman–Crippen LogP) is 0.874. The molecule has 0 atom stereocenters. The Morgan fingerprint density at radius 2 is 1.00 bits per heavy atom. The average Bonchev–Trinajstić information content (AvgIpc) is 1.83. The van der Waals surface area contributed by atoms with E-state index in [4.69, 9.17) is 0 Å². The number of hydrogen-bond donors (Lipinski definition) is 3. The van der Waals surface area contributed by atoms with Gasteiger partial charge in [-0.05, 0) is 0 Å². The average molecular weight is 220 g/mol. The van der Waals surface area contributed by atoms with E-state index >= 15 is 0 Å². The maximum atomic E-state index is 3.48. The Bertz CT molecular complexity index is 172. The van der Waals surface area contributed by atoms with Gasteiger partial charge in [0.25, 0.3) is 0 Å². The van der Waals surface area contributed by atoms with Gasteiger partial charge in [0.2, 0.25) is 0 Å². The first-order valence-electron chi connectivity index (χ1n) is 4.50. The van der Waals surface area contributed by atoms with E-state index < -0.39 is 22.6 Å². The highest BCUT2D eigenvalue weighted by molar-refractivity contribution is 7.67. The molecule has 1 saturated heterocycles. The van der Waals surface area contributed by atoms with Crippen LogP contribution in [0.3, 0.4) is 0 Å². The van der Waals surface area contributed by atoms with Crippen LogP contribution in [-0.4, -0.2) is 22.6 Å². The Balaban J connectivity index is 2.99. The normalized spacial score (nSPS) is 31.5. The van der Waals surface area contributed by atoms with Crippen molar-refractivity contribution < 1.29 is 0 Å². The molecule has 0 bridgehead atoms. The van der Waals surface area contributed by atoms with Crippen molar-refractivity contribution in [2.75, 3.05) is 0 Å². The van der Waals surface area contributed by atoms with Crippen LogP contribution in [0.4, 0.5) is 0 Å². The molecule has 0 unspecified atom stereocenters. The molecule has 1 fully saturated rings. The highest BCUT2D eigenvalue weighted by Crippen LogP contribution is 2.26. The molecule has 0 radical (unpaired) electrons. The molecule has 0 aromatic carbocycles. The Labute approximate surface area is 78.0 Å². The van der Waals surface area contributed by atoms with Gasteiger partial charge in [-0.3, -0.25) is 10.2 Å². The molecule has 1 aliphatic rings. The molecule has 72 valence electrons. The third-order valence-corrected chi connectivity index (χ3v) is 42.4. The lowest BCUT2D eigenvalue weighted by atomic mass is 11.9. The fraction of sp³-hybridized carbons (Fsp3) is 1.00. The molecule has 1 heterocycles. The SMILES string of the molecule is C[Si]1(C)NNN[Si](C)(C)[Si]1(C)C. The molecular formula is C6H21N3Si3. The third-order valence-electron chi connectivity index (χ3n) is 3.88. The number of hydrazine groups is 2. The summed E-state index contributed by atoms with van der Waals surface area (Å²) in [5, 5.41) is 6.96. The lowest BCUT2D eigenvalue weighted by Crippen LogP contribution is -2.89. The molecule has 0 saturated carbocycles. The van der Waals surface area contributed by atoms with E-state index in [0.717, 1.165) is 0 Å². The molecule has 1 rings (SSSR count). The summed E-state index contributed by atoms with van der Waals surface area (Å²) in [6.07, 6.45) is 0. The summed E-state index contributed by atoms with van der Waals surface area (Å²) in [5.74, 6) is 0. The summed E-state index contributed by atoms with van der Waals surface area (Å²) in [6, 6.07) is 0. The van der Waals surface area contributed by atoms with Crippen molar-refractivity contribution in [1.29, 1.82) is 0 Å². The van der Waals surface area contributed by atoms with E-state index in [1.807, 2.05) is 0 Å². The van der Waals surface area contributed by atoms with E-state index in [0.29, 0.717) is 0 Å². The van der Waals surface area contributed by atoms with E-state index in [1.165, 1.54) is 0 Å². The second kappa shape index (κ2) is 2.76. The molecule has 6 heteroatoms. The smallest absolute Gasteiger partial charge is 0.126 e. The van der Waals surface area contributed by atoms with Gasteiger partial charge in [0.05, 0.1) is 7.11 Å². The molecule has 0 aliphatic carbocycles. The highest BCUT2D eigenvalue weighted by atomic mass is 29.6. The standard InChI is InChI=1S/C6H21N3Si3/c1-10(2)8-7-9-11(3,4)12(10,5)6/h7-9H,1-6H3. The van der Waals surface area contributed by atoms with E-state index in [9.17, 15) is 0 Å². The fourth-order valence-electron chi connectivity index (χ4n) is 1.44. The monoisotopic (exact) mass is 219 g/mol. The van der Waals surface area contributed by atoms with Gasteiger partial charge in [-0.1, -0.05) is 39.3 Å². The van der Waals surface area contributed by atoms with Crippen molar-refractivity contribution in [3.63, 3.8) is 0 Å². The Kier molecular flexibility index (Phi) is 2.44. The Hall–Kier alpha value is 0.531. The summed E-state index contributed by atoms with van der Waals surface area (Å²) in [5.41, 5.74) is 3.18. The van der Waals surface area contributed by atoms with E-state index in [-0.39, 0.29) is 0 Å². The van der Waals surface area contributed by atoms with Crippen molar-refractivity contribution in [1.82, 2.24) is 15.7 Å². The van der Waals surface area contributed by atoms with Crippen LogP contribution in [0, 0.1) is 0 Å². The molecular weight excluding hydrogens is 198 g/mol. The minimum absolute atomic E-state index is 1.05. The van der Waals surface area contributed by atoms with Gasteiger partial charge >= 0.3 is 0 Å². The van der Waals surface area contributed by atoms with Crippen LogP contribution in [0.5, 0.6) is 0 Å². The first kappa shape index (κ1) is 10.6. The molecule has 3 nitrogen and oxygen atoms in total. The molecule has 0 spiro atoms. The van der Waals surface area contributed by atoms with Crippen molar-refractivity contribution >= 4 is 22.6 Å². The Morgan fingerprint density at radius 1 is 0.667 bits per heavy atom. The van der Waals surface area contributed by atoms with Crippen LogP contribution in [0.2, 0.25) is 39.3 Å². The van der Waals surface area contributed by atoms with Crippen LogP contribution >= 0.6 is 0 Å². The third kappa shape index (κ3) is 1.36. The van der Waals surface area contributed by atoms with Crippen molar-refractivity contribution in [2.24, 2.45) is 0 Å². The minimum atomic E-state index is -1.18. The first-order chi connectivity index (χ1) is 5.21. The van der Waals surface area contributed by atoms with Crippen LogP contribution in [-0.2, 0) is 0 Å². The van der Waals surface area contributed by atoms with Gasteiger partial charge in [-0.15, -0.1) is 0 Å². The van der Waals surface area contributed by atoms with Crippen molar-refractivity contribution in [2.45, 2.75) is 39.3 Å². The van der Waals surface area contributed by atoms with Gasteiger partial charge in [-0.25, -0.2) is 5.53 Å². The summed E-state index contributed by atoms with van der Waals surface area (Å²) >= 11 is 0. The van der Waals surface area contributed by atoms with Gasteiger partial charge in [0.15, 0.2) is 0 Å². The maximum absolute atomic E-state index is 3.48. The zero-order valence-corrected chi connectivity index (χ0v) is 12.0. The van der Waals surface area contributed by atoms with Gasteiger partial charge in [0.1, 0.15) is 15.5 Å². The summed E-state index contributed by atoms with van der Waals surface area (Å²) in [6.45, 7) is 14.9. The zero-order valence-electron chi connectivity index (χ0n) is 9.00. The van der Waals surface area contributed by atoms with Crippen LogP contribution in [0.15, 0.2) is 0 Å². The quantitative estimate of drug-likeness (QED) is 0.529. The highest BCUT2D eigenvalue weighted by Gasteiger charge is 2.55. The minimum Gasteiger partial charge on any atom is -0.270 e. The van der Waals surface area contributed by atoms with Crippen molar-refractivity contribution in [3.05, 3.63) is 0 Å². The van der Waals surface area contributed by atoms with Gasteiger partial charge in [0, 0.05) is 0 Å². The Morgan fingerprint density at radius 3 is 1.25 bits per heavy atom. The van der Waals surface area contributed by atoms with E-state index in [1.54, 1.807) is 0 Å². The largest absolute Gasteiger partial charge is 0.270 e. The zero-order chi connectivity index (χ0) is 9.62. The molecule has 0 amide bonds. The predicted molar refractivity (Wildman–Crippen MR) is 61.9 cm³/mol. The molecule has 12 heavy (non-hydrogen) atoms. The van der Waals surface area contributed by atoms with Crippen LogP contribution < -0.4 is 15.7 Å². The molecule has 0 aromatic rings. The number of nitrogens with one attached hydrogen (secondary N) is 3. The first-order valence-corrected chi connectivity index (χ1v) is 15.5. The van der Waals surface area contributed by atoms with Crippen LogP contribution in [0.1, 0.15) is 0 Å². The summed E-state index contributed by atoms with van der Waals surface area (Å²) in [7, 11) is -3.41. The summed E-state index contributed by atoms with van der Waals surface area (Å²) < 4.78 is 0. The second-order valence-electron chi connectivity index (χ2n) is 5.25. The van der Waals surface area contributed by atoms with Gasteiger partial charge in [-0.2, -0.15) is 0 Å². The lowest BCUT2D eigenvalue weighted by Gasteiger charge is -2.52. The molecule has 1 aliphatic heterocycles. The van der Waals surface area contributed by atoms with E-state index in [2.05, 4.69) is 55.0 Å². The van der Waals surface area contributed by atoms with Crippen molar-refractivity contribution in [3.8, 4) is 0 Å².